The molecule has 4 N–H and O–H groups in total. The molecule has 2 aliphatic rings. The van der Waals surface area contributed by atoms with Gasteiger partial charge in [-0.3, -0.25) is 9.55 Å². The van der Waals surface area contributed by atoms with Gasteiger partial charge in [0.25, 0.3) is 0 Å². The lowest BCUT2D eigenvalue weighted by atomic mass is 9.91. The summed E-state index contributed by atoms with van der Waals surface area (Å²) in [6, 6.07) is 22.1. The quantitative estimate of drug-likeness (QED) is 0.125. The van der Waals surface area contributed by atoms with Crippen LogP contribution < -0.4 is 15.5 Å². The third-order valence-corrected chi connectivity index (χ3v) is 10.3. The van der Waals surface area contributed by atoms with Crippen molar-refractivity contribution >= 4 is 40.6 Å². The third kappa shape index (κ3) is 8.29. The van der Waals surface area contributed by atoms with Crippen molar-refractivity contribution in [3.8, 4) is 0 Å². The van der Waals surface area contributed by atoms with E-state index in [1.54, 1.807) is 11.0 Å². The molecule has 60 heavy (non-hydrogen) atoms. The van der Waals surface area contributed by atoms with Crippen molar-refractivity contribution in [1.82, 2.24) is 34.7 Å². The topological polar surface area (TPSA) is 206 Å². The Kier molecular flexibility index (Phi) is 11.3. The maximum atomic E-state index is 13.5. The number of amides is 2. The Morgan fingerprint density at radius 1 is 1.02 bits per heavy atom. The molecular weight excluding hydrogens is 789 g/mol. The fourth-order valence-electron chi connectivity index (χ4n) is 7.26. The molecule has 0 radical (unpaired) electrons. The summed E-state index contributed by atoms with van der Waals surface area (Å²) in [5.41, 5.74) is 3.30. The number of hydrogen-bond acceptors (Lipinski definition) is 14. The maximum Gasteiger partial charge on any atom is 0.493 e. The van der Waals surface area contributed by atoms with Crippen molar-refractivity contribution in [3.05, 3.63) is 120 Å². The number of fused-ring (bicyclic) bond motifs is 1. The largest absolute Gasteiger partial charge is 0.493 e. The monoisotopic (exact) mass is 828 g/mol. The summed E-state index contributed by atoms with van der Waals surface area (Å²) in [5, 5.41) is 32.6. The van der Waals surface area contributed by atoms with Crippen molar-refractivity contribution in [2.45, 2.75) is 62.4 Å². The summed E-state index contributed by atoms with van der Waals surface area (Å²) in [4.78, 5) is 49.9. The molecule has 2 saturated heterocycles. The summed E-state index contributed by atoms with van der Waals surface area (Å²) in [6.07, 6.45) is -5.80. The molecule has 6 aromatic rings. The van der Waals surface area contributed by atoms with Crippen molar-refractivity contribution in [3.63, 3.8) is 0 Å². The Balaban J connectivity index is 1.14. The van der Waals surface area contributed by atoms with E-state index < -0.39 is 48.8 Å². The van der Waals surface area contributed by atoms with Gasteiger partial charge in [-0.15, -0.1) is 5.06 Å². The average Bonchev–Trinajstić information content (AvgIpc) is 4.08. The van der Waals surface area contributed by atoms with Crippen LogP contribution in [0.15, 0.2) is 102 Å². The van der Waals surface area contributed by atoms with Gasteiger partial charge in [0, 0.05) is 37.8 Å². The van der Waals surface area contributed by atoms with E-state index >= 15 is 0 Å². The SMILES string of the molecule is CCc1cc([C@H]2O[C@@H](n3cnc4c(NCC(c5ccccc5)c5ccccc5)nc(N5CC[C@@H](N(OC(=O)C(F)(F)F)C(=O)Nc6cccnc6)C5)nc43)[C@@H](O)[C@@H]2O)on1. The lowest BCUT2D eigenvalue weighted by Crippen LogP contribution is -2.47. The second-order valence-corrected chi connectivity index (χ2v) is 14.2. The standard InChI is InChI=1S/C40H39F3N10O7/c1-2-25-18-29(59-50-25)33-31(54)32(55)36(58-33)52-22-46-30-34(45-20-28(23-10-5-3-6-11-23)24-12-7-4-8-13-24)48-38(49-35(30)52)51-17-15-27(21-51)53(60-37(56)40(41,42)43)39(57)47-26-14-9-16-44-19-26/h3-14,16,18-19,22,27-28,31-33,36,54-55H,2,15,17,20-21H2,1H3,(H,47,57)(H,45,48,49)/t27-,31+,32+,33-,36-/m1/s1. The first-order valence-corrected chi connectivity index (χ1v) is 19.1. The van der Waals surface area contributed by atoms with E-state index in [-0.39, 0.29) is 59.8 Å². The maximum absolute atomic E-state index is 13.5. The number of carbonyl (C=O) groups excluding carboxylic acids is 2. The molecule has 2 fully saturated rings. The van der Waals surface area contributed by atoms with E-state index in [2.05, 4.69) is 30.6 Å². The number of imidazole rings is 1. The summed E-state index contributed by atoms with van der Waals surface area (Å²) >= 11 is 0. The molecule has 0 aliphatic carbocycles. The Bertz CT molecular complexity index is 2380. The van der Waals surface area contributed by atoms with Crippen LogP contribution in [-0.4, -0.2) is 101 Å². The number of pyridine rings is 1. The lowest BCUT2D eigenvalue weighted by molar-refractivity contribution is -0.232. The highest BCUT2D eigenvalue weighted by molar-refractivity contribution is 5.90. The number of carbonyl (C=O) groups is 2. The number of urea groups is 1. The van der Waals surface area contributed by atoms with Gasteiger partial charge in [-0.05, 0) is 36.1 Å². The third-order valence-electron chi connectivity index (χ3n) is 10.3. The number of hydrogen-bond donors (Lipinski definition) is 4. The first kappa shape index (κ1) is 40.2. The highest BCUT2D eigenvalue weighted by atomic mass is 19.4. The van der Waals surface area contributed by atoms with Crippen LogP contribution in [0.2, 0.25) is 0 Å². The number of aryl methyl sites for hydroxylation is 1. The highest BCUT2D eigenvalue weighted by Gasteiger charge is 2.48. The number of hydroxylamine groups is 2. The molecule has 6 heterocycles. The van der Waals surface area contributed by atoms with Gasteiger partial charge in [-0.1, -0.05) is 72.7 Å². The van der Waals surface area contributed by atoms with Crippen molar-refractivity contribution in [2.24, 2.45) is 0 Å². The number of alkyl halides is 3. The summed E-state index contributed by atoms with van der Waals surface area (Å²) < 4.78 is 53.4. The summed E-state index contributed by atoms with van der Waals surface area (Å²) in [5.74, 6) is -2.15. The molecule has 2 aliphatic heterocycles. The molecular formula is C40H39F3N10O7. The Hall–Kier alpha value is -6.64. The number of aliphatic hydroxyl groups is 2. The van der Waals surface area contributed by atoms with E-state index in [4.69, 9.17) is 19.2 Å². The van der Waals surface area contributed by atoms with Crippen LogP contribution in [0.1, 0.15) is 54.2 Å². The van der Waals surface area contributed by atoms with Gasteiger partial charge in [0.15, 0.2) is 29.0 Å². The van der Waals surface area contributed by atoms with Crippen molar-refractivity contribution in [1.29, 1.82) is 0 Å². The zero-order chi connectivity index (χ0) is 42.0. The second kappa shape index (κ2) is 16.9. The van der Waals surface area contributed by atoms with Gasteiger partial charge in [-0.25, -0.2) is 14.6 Å². The number of halogens is 3. The van der Waals surface area contributed by atoms with Crippen LogP contribution in [0.25, 0.3) is 11.2 Å². The summed E-state index contributed by atoms with van der Waals surface area (Å²) in [6.45, 7) is 2.19. The molecule has 8 rings (SSSR count). The minimum absolute atomic E-state index is 0.0500. The van der Waals surface area contributed by atoms with Crippen molar-refractivity contribution < 1.29 is 47.1 Å². The smallest absolute Gasteiger partial charge is 0.387 e. The predicted octanol–water partition coefficient (Wildman–Crippen LogP) is 5.14. The lowest BCUT2D eigenvalue weighted by Gasteiger charge is -2.27. The first-order valence-electron chi connectivity index (χ1n) is 19.1. The van der Waals surface area contributed by atoms with E-state index in [0.29, 0.717) is 23.7 Å². The minimum Gasteiger partial charge on any atom is -0.387 e. The fourth-order valence-corrected chi connectivity index (χ4v) is 7.26. The van der Waals surface area contributed by atoms with Crippen LogP contribution in [0, 0.1) is 0 Å². The normalized spacial score (nSPS) is 20.4. The van der Waals surface area contributed by atoms with Gasteiger partial charge < -0.3 is 39.8 Å². The molecule has 17 nitrogen and oxygen atoms in total. The van der Waals surface area contributed by atoms with E-state index in [0.717, 1.165) is 11.1 Å². The molecule has 0 bridgehead atoms. The zero-order valence-corrected chi connectivity index (χ0v) is 31.9. The van der Waals surface area contributed by atoms with Crippen LogP contribution in [-0.2, 0) is 20.8 Å². The Labute approximate surface area is 339 Å². The van der Waals surface area contributed by atoms with Gasteiger partial charge in [0.05, 0.1) is 29.9 Å². The van der Waals surface area contributed by atoms with Gasteiger partial charge in [-0.2, -0.15) is 23.1 Å². The predicted molar refractivity (Wildman–Crippen MR) is 207 cm³/mol. The van der Waals surface area contributed by atoms with Crippen molar-refractivity contribution in [2.75, 3.05) is 35.2 Å². The molecule has 2 aromatic carbocycles. The number of nitrogens with zero attached hydrogens (tertiary/aromatic N) is 8. The molecule has 4 aromatic heterocycles. The number of aromatic nitrogens is 6. The van der Waals surface area contributed by atoms with Crippen LogP contribution >= 0.6 is 0 Å². The summed E-state index contributed by atoms with van der Waals surface area (Å²) in [7, 11) is 0. The number of nitrogens with one attached hydrogen (secondary N) is 2. The first-order chi connectivity index (χ1) is 29.0. The molecule has 2 amide bonds. The number of aliphatic hydroxyl groups excluding tert-OH is 2. The van der Waals surface area contributed by atoms with E-state index in [1.165, 1.54) is 35.4 Å². The molecule has 0 saturated carbocycles. The van der Waals surface area contributed by atoms with Crippen LogP contribution in [0.5, 0.6) is 0 Å². The van der Waals surface area contributed by atoms with Gasteiger partial charge in [0.2, 0.25) is 5.95 Å². The molecule has 0 spiro atoms. The van der Waals surface area contributed by atoms with Gasteiger partial charge in [0.1, 0.15) is 18.3 Å². The fraction of sp³-hybridized carbons (Fsp3) is 0.325. The van der Waals surface area contributed by atoms with E-state index in [9.17, 15) is 33.0 Å². The Morgan fingerprint density at radius 2 is 1.75 bits per heavy atom. The number of benzene rings is 2. The Morgan fingerprint density at radius 3 is 2.40 bits per heavy atom. The molecule has 20 heteroatoms. The average molecular weight is 829 g/mol. The number of ether oxygens (including phenoxy) is 1. The highest BCUT2D eigenvalue weighted by Crippen LogP contribution is 2.41. The molecule has 0 unspecified atom stereocenters. The van der Waals surface area contributed by atoms with Crippen LogP contribution in [0.3, 0.4) is 0 Å². The molecule has 5 atom stereocenters. The van der Waals surface area contributed by atoms with E-state index in [1.807, 2.05) is 67.6 Å². The number of rotatable bonds is 11. The number of anilines is 3. The minimum atomic E-state index is -5.39. The second-order valence-electron chi connectivity index (χ2n) is 14.2. The van der Waals surface area contributed by atoms with Crippen LogP contribution in [0.4, 0.5) is 35.4 Å². The van der Waals surface area contributed by atoms with Gasteiger partial charge >= 0.3 is 18.2 Å². The molecule has 312 valence electrons. The zero-order valence-electron chi connectivity index (χ0n) is 31.9.